The number of aromatic hydroxyl groups is 1. The number of nitrogens with one attached hydrogen (secondary N) is 1. The number of hydrogen-bond acceptors (Lipinski definition) is 3. The minimum Gasteiger partial charge on any atom is -0.508 e. The van der Waals surface area contributed by atoms with Crippen molar-refractivity contribution in [1.82, 2.24) is 9.88 Å². The number of phenolic OH excluding ortho intramolecular Hbond substituents is 1. The van der Waals surface area contributed by atoms with E-state index in [0.717, 1.165) is 18.2 Å². The Bertz CT molecular complexity index is 1240. The third kappa shape index (κ3) is 3.10. The Morgan fingerprint density at radius 2 is 1.83 bits per heavy atom. The lowest BCUT2D eigenvalue weighted by Gasteiger charge is -2.29. The lowest BCUT2D eigenvalue weighted by molar-refractivity contribution is -0.130. The van der Waals surface area contributed by atoms with Crippen LogP contribution in [0.1, 0.15) is 35.5 Å². The Kier molecular flexibility index (Phi) is 4.38. The van der Waals surface area contributed by atoms with Crippen LogP contribution in [0.3, 0.4) is 0 Å². The minimum absolute atomic E-state index is 0.0277. The monoisotopic (exact) mass is 412 g/mol. The number of aliphatic carboxylic acids is 1. The highest BCUT2D eigenvalue weighted by atomic mass is 19.2. The van der Waals surface area contributed by atoms with E-state index < -0.39 is 28.9 Å². The summed E-state index contributed by atoms with van der Waals surface area (Å²) in [6, 6.07) is 7.48. The van der Waals surface area contributed by atoms with E-state index in [2.05, 4.69) is 4.98 Å². The summed E-state index contributed by atoms with van der Waals surface area (Å²) in [6.07, 6.45) is 1.20. The maximum absolute atomic E-state index is 13.6. The molecule has 3 aromatic rings. The van der Waals surface area contributed by atoms with Crippen molar-refractivity contribution < 1.29 is 28.6 Å². The molecule has 0 bridgehead atoms. The van der Waals surface area contributed by atoms with Crippen LogP contribution in [0.5, 0.6) is 5.75 Å². The summed E-state index contributed by atoms with van der Waals surface area (Å²) in [5.41, 5.74) is 0.638. The molecule has 1 aromatic heterocycles. The van der Waals surface area contributed by atoms with Crippen LogP contribution in [0.15, 0.2) is 42.6 Å². The number of carbonyl (C=O) groups is 2. The van der Waals surface area contributed by atoms with Gasteiger partial charge in [-0.05, 0) is 42.0 Å². The van der Waals surface area contributed by atoms with E-state index in [1.54, 1.807) is 12.1 Å². The zero-order valence-electron chi connectivity index (χ0n) is 16.2. The van der Waals surface area contributed by atoms with Crippen molar-refractivity contribution in [2.45, 2.75) is 19.3 Å². The maximum Gasteiger partial charge on any atom is 0.339 e. The fourth-order valence-corrected chi connectivity index (χ4v) is 3.94. The van der Waals surface area contributed by atoms with Gasteiger partial charge in [0.05, 0.1) is 11.3 Å². The van der Waals surface area contributed by atoms with Crippen LogP contribution >= 0.6 is 0 Å². The lowest BCUT2D eigenvalue weighted by Crippen LogP contribution is -2.37. The van der Waals surface area contributed by atoms with Crippen molar-refractivity contribution in [3.63, 3.8) is 0 Å². The average molecular weight is 412 g/mol. The van der Waals surface area contributed by atoms with Crippen LogP contribution in [-0.2, 0) is 10.2 Å². The molecule has 0 radical (unpaired) electrons. The smallest absolute Gasteiger partial charge is 0.339 e. The second kappa shape index (κ2) is 6.69. The Morgan fingerprint density at radius 3 is 2.50 bits per heavy atom. The number of H-pyrrole nitrogens is 1. The molecule has 0 atom stereocenters. The zero-order valence-corrected chi connectivity index (χ0v) is 16.2. The molecule has 0 aliphatic carbocycles. The van der Waals surface area contributed by atoms with Crippen LogP contribution in [0.2, 0.25) is 0 Å². The van der Waals surface area contributed by atoms with Crippen LogP contribution < -0.4 is 0 Å². The van der Waals surface area contributed by atoms with Crippen molar-refractivity contribution >= 4 is 28.4 Å². The number of carboxylic acid groups (broad SMARTS) is 1. The number of fused-ring (bicyclic) bond motifs is 3. The molecule has 0 fully saturated rings. The van der Waals surface area contributed by atoms with Crippen LogP contribution in [0, 0.1) is 11.6 Å². The van der Waals surface area contributed by atoms with Gasteiger partial charge in [-0.25, -0.2) is 13.6 Å². The number of hydrogen-bond donors (Lipinski definition) is 3. The summed E-state index contributed by atoms with van der Waals surface area (Å²) in [7, 11) is 0. The van der Waals surface area contributed by atoms with E-state index >= 15 is 0 Å². The SMILES string of the molecule is CC1(C)CN(C(=O)c2ccc(F)c(F)c2)C=C(C(=O)O)c2[nH]c3ccc(O)cc3c21. The predicted octanol–water partition coefficient (Wildman–Crippen LogP) is 4.01. The first-order chi connectivity index (χ1) is 14.1. The predicted molar refractivity (Wildman–Crippen MR) is 106 cm³/mol. The van der Waals surface area contributed by atoms with E-state index in [1.165, 1.54) is 17.2 Å². The van der Waals surface area contributed by atoms with Gasteiger partial charge in [-0.2, -0.15) is 0 Å². The molecular weight excluding hydrogens is 394 g/mol. The number of amides is 1. The highest BCUT2D eigenvalue weighted by molar-refractivity contribution is 6.17. The van der Waals surface area contributed by atoms with Crippen LogP contribution in [0.4, 0.5) is 8.78 Å². The van der Waals surface area contributed by atoms with Gasteiger partial charge >= 0.3 is 5.97 Å². The molecule has 0 saturated heterocycles. The molecule has 1 aliphatic heterocycles. The first kappa shape index (κ1) is 19.6. The largest absolute Gasteiger partial charge is 0.508 e. The number of phenols is 1. The van der Waals surface area contributed by atoms with Gasteiger partial charge in [0.15, 0.2) is 11.6 Å². The van der Waals surface area contributed by atoms with E-state index in [-0.39, 0.29) is 23.4 Å². The molecule has 30 heavy (non-hydrogen) atoms. The van der Waals surface area contributed by atoms with Crippen molar-refractivity contribution in [2.75, 3.05) is 6.54 Å². The van der Waals surface area contributed by atoms with Crippen LogP contribution in [0.25, 0.3) is 16.5 Å². The number of halogens is 2. The Labute approximate surface area is 170 Å². The lowest BCUT2D eigenvalue weighted by atomic mass is 9.81. The third-order valence-electron chi connectivity index (χ3n) is 5.24. The summed E-state index contributed by atoms with van der Waals surface area (Å²) in [5.74, 6) is -4.12. The topological polar surface area (TPSA) is 93.6 Å². The summed E-state index contributed by atoms with van der Waals surface area (Å²) in [4.78, 5) is 29.3. The van der Waals surface area contributed by atoms with Gasteiger partial charge < -0.3 is 20.1 Å². The number of benzene rings is 2. The molecular formula is C22H18F2N2O4. The average Bonchev–Trinajstić information content (AvgIpc) is 2.99. The maximum atomic E-state index is 13.6. The molecule has 8 heteroatoms. The third-order valence-corrected chi connectivity index (χ3v) is 5.24. The second-order valence-electron chi connectivity index (χ2n) is 7.90. The molecule has 6 nitrogen and oxygen atoms in total. The molecule has 1 amide bonds. The molecule has 2 heterocycles. The normalized spacial score (nSPS) is 15.5. The van der Waals surface area contributed by atoms with Gasteiger partial charge in [-0.3, -0.25) is 4.79 Å². The summed E-state index contributed by atoms with van der Waals surface area (Å²) >= 11 is 0. The van der Waals surface area contributed by atoms with Gasteiger partial charge in [-0.1, -0.05) is 13.8 Å². The molecule has 154 valence electrons. The number of aromatic amines is 1. The highest BCUT2D eigenvalue weighted by Gasteiger charge is 2.37. The summed E-state index contributed by atoms with van der Waals surface area (Å²) in [6.45, 7) is 3.76. The molecule has 0 saturated carbocycles. The zero-order chi connectivity index (χ0) is 21.8. The Morgan fingerprint density at radius 1 is 1.10 bits per heavy atom. The molecule has 3 N–H and O–H groups in total. The minimum atomic E-state index is -1.26. The van der Waals surface area contributed by atoms with Gasteiger partial charge in [0.1, 0.15) is 5.75 Å². The number of aromatic nitrogens is 1. The van der Waals surface area contributed by atoms with Gasteiger partial charge in [0.2, 0.25) is 0 Å². The summed E-state index contributed by atoms with van der Waals surface area (Å²) < 4.78 is 26.9. The van der Waals surface area contributed by atoms with Crippen molar-refractivity contribution in [3.8, 4) is 5.75 Å². The molecule has 4 rings (SSSR count). The van der Waals surface area contributed by atoms with Gasteiger partial charge in [0, 0.05) is 34.6 Å². The summed E-state index contributed by atoms with van der Waals surface area (Å²) in [5, 5.41) is 20.4. The fraction of sp³-hybridized carbons (Fsp3) is 0.182. The Balaban J connectivity index is 1.90. The van der Waals surface area contributed by atoms with E-state index in [4.69, 9.17) is 0 Å². The standard InChI is InChI=1S/C22H18F2N2O4/c1-22(2)10-26(20(28)11-3-5-15(23)16(24)7-11)9-14(21(29)30)19-18(22)13-8-12(27)4-6-17(13)25-19/h3-9,25,27H,10H2,1-2H3,(H,29,30). The van der Waals surface area contributed by atoms with E-state index in [0.29, 0.717) is 22.2 Å². The quantitative estimate of drug-likeness (QED) is 0.593. The van der Waals surface area contributed by atoms with Crippen molar-refractivity contribution in [1.29, 1.82) is 0 Å². The number of carboxylic acids is 1. The molecule has 0 spiro atoms. The molecule has 0 unspecified atom stereocenters. The second-order valence-corrected chi connectivity index (χ2v) is 7.90. The van der Waals surface area contributed by atoms with Crippen molar-refractivity contribution in [2.24, 2.45) is 0 Å². The van der Waals surface area contributed by atoms with E-state index in [9.17, 15) is 28.6 Å². The number of rotatable bonds is 2. The number of carbonyl (C=O) groups excluding carboxylic acids is 1. The van der Waals surface area contributed by atoms with Gasteiger partial charge in [-0.15, -0.1) is 0 Å². The van der Waals surface area contributed by atoms with Gasteiger partial charge in [0.25, 0.3) is 5.91 Å². The van der Waals surface area contributed by atoms with E-state index in [1.807, 2.05) is 13.8 Å². The first-order valence-corrected chi connectivity index (χ1v) is 9.15. The van der Waals surface area contributed by atoms with Crippen LogP contribution in [-0.4, -0.2) is 38.5 Å². The molecule has 1 aliphatic rings. The Hall–Kier alpha value is -3.68. The number of nitrogens with zero attached hydrogens (tertiary/aromatic N) is 1. The molecule has 2 aromatic carbocycles. The first-order valence-electron chi connectivity index (χ1n) is 9.15. The fourth-order valence-electron chi connectivity index (χ4n) is 3.94. The highest BCUT2D eigenvalue weighted by Crippen LogP contribution is 2.41. The van der Waals surface area contributed by atoms with Crippen molar-refractivity contribution in [3.05, 3.63) is 71.1 Å².